The molecule has 0 radical (unpaired) electrons. The van der Waals surface area contributed by atoms with Crippen LogP contribution in [-0.4, -0.2) is 80.0 Å². The normalized spacial score (nSPS) is 21.5. The van der Waals surface area contributed by atoms with Gasteiger partial charge in [0, 0.05) is 32.6 Å². The first-order valence-electron chi connectivity index (χ1n) is 9.38. The molecule has 0 aliphatic carbocycles. The number of esters is 1. The highest BCUT2D eigenvalue weighted by atomic mass is 32.1. The number of piperazine rings is 1. The van der Waals surface area contributed by atoms with E-state index < -0.39 is 0 Å². The average Bonchev–Trinajstić information content (AvgIpc) is 3.18. The molecule has 26 heavy (non-hydrogen) atoms. The predicted molar refractivity (Wildman–Crippen MR) is 102 cm³/mol. The number of amides is 1. The third-order valence-corrected chi connectivity index (χ3v) is 6.32. The van der Waals surface area contributed by atoms with Crippen molar-refractivity contribution in [2.75, 3.05) is 53.4 Å². The van der Waals surface area contributed by atoms with Gasteiger partial charge >= 0.3 is 5.97 Å². The fourth-order valence-corrected chi connectivity index (χ4v) is 4.56. The summed E-state index contributed by atoms with van der Waals surface area (Å²) in [5.74, 6) is 0.508. The molecule has 2 fully saturated rings. The molecule has 0 bridgehead atoms. The van der Waals surface area contributed by atoms with Gasteiger partial charge in [0.05, 0.1) is 7.11 Å². The Balaban J connectivity index is 1.51. The number of carbonyl (C=O) groups is 2. The van der Waals surface area contributed by atoms with Gasteiger partial charge in [-0.3, -0.25) is 9.69 Å². The first-order chi connectivity index (χ1) is 12.6. The number of hydrogen-bond acceptors (Lipinski definition) is 6. The molecule has 3 heterocycles. The Morgan fingerprint density at radius 3 is 2.46 bits per heavy atom. The number of likely N-dealkylation sites (N-methyl/N-ethyl adjacent to an activating group) is 1. The Morgan fingerprint density at radius 2 is 1.88 bits per heavy atom. The molecular weight excluding hydrogens is 350 g/mol. The molecule has 2 aliphatic heterocycles. The van der Waals surface area contributed by atoms with E-state index >= 15 is 0 Å². The smallest absolute Gasteiger partial charge is 0.327 e. The lowest BCUT2D eigenvalue weighted by molar-refractivity contribution is -0.148. The highest BCUT2D eigenvalue weighted by Crippen LogP contribution is 2.30. The van der Waals surface area contributed by atoms with Gasteiger partial charge < -0.3 is 14.5 Å². The van der Waals surface area contributed by atoms with Crippen LogP contribution in [0, 0.1) is 5.92 Å². The van der Waals surface area contributed by atoms with Crippen molar-refractivity contribution in [3.05, 3.63) is 22.4 Å². The van der Waals surface area contributed by atoms with Crippen LogP contribution < -0.4 is 0 Å². The van der Waals surface area contributed by atoms with Gasteiger partial charge in [-0.25, -0.2) is 4.79 Å². The topological polar surface area (TPSA) is 53.1 Å². The van der Waals surface area contributed by atoms with Gasteiger partial charge in [-0.1, -0.05) is 0 Å². The standard InChI is InChI=1S/C19H29N3O3S/c1-20-8-10-21(11-9-20)17(23)13-15-3-6-22(7-4-15)18(19(24)25-2)16-5-12-26-14-16/h5,12,14-15,18H,3-4,6-11,13H2,1-2H3. The quantitative estimate of drug-likeness (QED) is 0.731. The van der Waals surface area contributed by atoms with E-state index in [1.807, 2.05) is 21.7 Å². The summed E-state index contributed by atoms with van der Waals surface area (Å²) >= 11 is 1.60. The summed E-state index contributed by atoms with van der Waals surface area (Å²) in [6, 6.07) is 1.68. The van der Waals surface area contributed by atoms with Crippen molar-refractivity contribution in [3.63, 3.8) is 0 Å². The number of likely N-dealkylation sites (tertiary alicyclic amines) is 1. The minimum Gasteiger partial charge on any atom is -0.468 e. The van der Waals surface area contributed by atoms with Gasteiger partial charge in [-0.05, 0) is 61.3 Å². The van der Waals surface area contributed by atoms with Crippen LogP contribution >= 0.6 is 11.3 Å². The Morgan fingerprint density at radius 1 is 1.19 bits per heavy atom. The lowest BCUT2D eigenvalue weighted by Crippen LogP contribution is -2.48. The number of hydrogen-bond donors (Lipinski definition) is 0. The molecule has 1 unspecified atom stereocenters. The Kier molecular flexibility index (Phi) is 6.67. The van der Waals surface area contributed by atoms with Crippen molar-refractivity contribution in [2.45, 2.75) is 25.3 Å². The molecule has 2 saturated heterocycles. The molecule has 1 atom stereocenters. The van der Waals surface area contributed by atoms with E-state index in [1.54, 1.807) is 11.3 Å². The zero-order chi connectivity index (χ0) is 18.5. The largest absolute Gasteiger partial charge is 0.468 e. The maximum absolute atomic E-state index is 12.6. The van der Waals surface area contributed by atoms with Crippen LogP contribution in [0.5, 0.6) is 0 Å². The van der Waals surface area contributed by atoms with Gasteiger partial charge in [-0.15, -0.1) is 0 Å². The van der Waals surface area contributed by atoms with Crippen LogP contribution in [0.15, 0.2) is 16.8 Å². The molecule has 1 amide bonds. The van der Waals surface area contributed by atoms with Crippen LogP contribution in [0.25, 0.3) is 0 Å². The summed E-state index contributed by atoms with van der Waals surface area (Å²) in [6.07, 6.45) is 2.55. The van der Waals surface area contributed by atoms with Gasteiger partial charge in [0.2, 0.25) is 5.91 Å². The minimum atomic E-state index is -0.319. The van der Waals surface area contributed by atoms with Crippen LogP contribution in [0.4, 0.5) is 0 Å². The number of rotatable bonds is 5. The predicted octanol–water partition coefficient (Wildman–Crippen LogP) is 1.84. The number of nitrogens with zero attached hydrogens (tertiary/aromatic N) is 3. The monoisotopic (exact) mass is 379 g/mol. The highest BCUT2D eigenvalue weighted by molar-refractivity contribution is 7.08. The van der Waals surface area contributed by atoms with Crippen molar-refractivity contribution < 1.29 is 14.3 Å². The van der Waals surface area contributed by atoms with E-state index in [-0.39, 0.29) is 12.0 Å². The molecule has 7 heteroatoms. The van der Waals surface area contributed by atoms with Crippen LogP contribution in [0.1, 0.15) is 30.9 Å². The number of carbonyl (C=O) groups excluding carboxylic acids is 2. The lowest BCUT2D eigenvalue weighted by atomic mass is 9.91. The molecule has 6 nitrogen and oxygen atoms in total. The zero-order valence-electron chi connectivity index (χ0n) is 15.7. The summed E-state index contributed by atoms with van der Waals surface area (Å²) in [6.45, 7) is 5.28. The second-order valence-electron chi connectivity index (χ2n) is 7.35. The second kappa shape index (κ2) is 8.97. The van der Waals surface area contributed by atoms with Crippen LogP contribution in [0.3, 0.4) is 0 Å². The maximum atomic E-state index is 12.6. The molecule has 1 aromatic heterocycles. The molecule has 0 saturated carbocycles. The first-order valence-corrected chi connectivity index (χ1v) is 10.3. The number of piperidine rings is 1. The Hall–Kier alpha value is -1.44. The average molecular weight is 380 g/mol. The van der Waals surface area contributed by atoms with E-state index in [0.717, 1.165) is 57.7 Å². The third kappa shape index (κ3) is 4.64. The fraction of sp³-hybridized carbons (Fsp3) is 0.684. The molecular formula is C19H29N3O3S. The highest BCUT2D eigenvalue weighted by Gasteiger charge is 2.33. The summed E-state index contributed by atoms with van der Waals surface area (Å²) in [5, 5.41) is 4.01. The van der Waals surface area contributed by atoms with Gasteiger partial charge in [0.25, 0.3) is 0 Å². The van der Waals surface area contributed by atoms with E-state index in [0.29, 0.717) is 18.2 Å². The van der Waals surface area contributed by atoms with Crippen LogP contribution in [0.2, 0.25) is 0 Å². The number of methoxy groups -OCH3 is 1. The SMILES string of the molecule is COC(=O)C(c1ccsc1)N1CCC(CC(=O)N2CCN(C)CC2)CC1. The molecule has 0 spiro atoms. The second-order valence-corrected chi connectivity index (χ2v) is 8.13. The van der Waals surface area contributed by atoms with Crippen molar-refractivity contribution in [1.29, 1.82) is 0 Å². The Bertz CT molecular complexity index is 591. The lowest BCUT2D eigenvalue weighted by Gasteiger charge is -2.37. The van der Waals surface area contributed by atoms with E-state index in [1.165, 1.54) is 7.11 Å². The molecule has 1 aromatic rings. The number of thiophene rings is 1. The van der Waals surface area contributed by atoms with Gasteiger partial charge in [-0.2, -0.15) is 11.3 Å². The van der Waals surface area contributed by atoms with Gasteiger partial charge in [0.1, 0.15) is 6.04 Å². The zero-order valence-corrected chi connectivity index (χ0v) is 16.5. The third-order valence-electron chi connectivity index (χ3n) is 5.62. The van der Waals surface area contributed by atoms with E-state index in [4.69, 9.17) is 4.74 Å². The molecule has 2 aliphatic rings. The van der Waals surface area contributed by atoms with Crippen molar-refractivity contribution >= 4 is 23.2 Å². The van der Waals surface area contributed by atoms with Crippen molar-refractivity contribution in [2.24, 2.45) is 5.92 Å². The molecule has 0 N–H and O–H groups in total. The van der Waals surface area contributed by atoms with Gasteiger partial charge in [0.15, 0.2) is 0 Å². The van der Waals surface area contributed by atoms with Crippen molar-refractivity contribution in [3.8, 4) is 0 Å². The summed E-state index contributed by atoms with van der Waals surface area (Å²) in [5.41, 5.74) is 1.01. The summed E-state index contributed by atoms with van der Waals surface area (Å²) < 4.78 is 5.03. The maximum Gasteiger partial charge on any atom is 0.327 e. The number of ether oxygens (including phenoxy) is 1. The summed E-state index contributed by atoms with van der Waals surface area (Å²) in [7, 11) is 3.55. The Labute approximate surface area is 159 Å². The summed E-state index contributed by atoms with van der Waals surface area (Å²) in [4.78, 5) is 31.3. The fourth-order valence-electron chi connectivity index (χ4n) is 3.89. The van der Waals surface area contributed by atoms with E-state index in [9.17, 15) is 9.59 Å². The molecule has 144 valence electrons. The molecule has 3 rings (SSSR count). The first kappa shape index (κ1) is 19.3. The van der Waals surface area contributed by atoms with Crippen LogP contribution in [-0.2, 0) is 14.3 Å². The van der Waals surface area contributed by atoms with Crippen molar-refractivity contribution in [1.82, 2.24) is 14.7 Å². The molecule has 0 aromatic carbocycles. The van der Waals surface area contributed by atoms with E-state index in [2.05, 4.69) is 16.8 Å². The minimum absolute atomic E-state index is 0.199.